The number of unbranched alkanes of at least 4 members (excludes halogenated alkanes) is 1. The van der Waals surface area contributed by atoms with Gasteiger partial charge in [-0.1, -0.05) is 11.6 Å². The molecule has 0 aliphatic carbocycles. The maximum atomic E-state index is 6.11. The van der Waals surface area contributed by atoms with Crippen LogP contribution in [0.3, 0.4) is 0 Å². The van der Waals surface area contributed by atoms with Crippen molar-refractivity contribution < 1.29 is 9.47 Å². The van der Waals surface area contributed by atoms with Crippen LogP contribution in [0.4, 0.5) is 0 Å². The Balaban J connectivity index is 1.68. The van der Waals surface area contributed by atoms with Crippen LogP contribution in [0.5, 0.6) is 5.75 Å². The number of rotatable bonds is 6. The van der Waals surface area contributed by atoms with Gasteiger partial charge in [-0.3, -0.25) is 4.90 Å². The monoisotopic (exact) mass is 325 g/mol. The summed E-state index contributed by atoms with van der Waals surface area (Å²) in [7, 11) is 0. The molecule has 1 aliphatic rings. The predicted octanol–water partition coefficient (Wildman–Crippen LogP) is 4.23. The lowest BCUT2D eigenvalue weighted by Crippen LogP contribution is -2.45. The van der Waals surface area contributed by atoms with Crippen molar-refractivity contribution >= 4 is 11.6 Å². The summed E-state index contributed by atoms with van der Waals surface area (Å²) in [4.78, 5) is 2.50. The highest BCUT2D eigenvalue weighted by atomic mass is 35.5. The number of nitrogens with zero attached hydrogens (tertiary/aromatic N) is 1. The Bertz CT molecular complexity index is 482. The Labute approximate surface area is 139 Å². The van der Waals surface area contributed by atoms with Gasteiger partial charge in [-0.05, 0) is 70.3 Å². The SMILES string of the molecule is Cc1c(Cl)ccc(OCCCCN2C[C@H](C)O[C@@H](C)C2)c1C. The summed E-state index contributed by atoms with van der Waals surface area (Å²) < 4.78 is 11.7. The van der Waals surface area contributed by atoms with E-state index >= 15 is 0 Å². The fourth-order valence-corrected chi connectivity index (χ4v) is 3.21. The lowest BCUT2D eigenvalue weighted by Gasteiger charge is -2.35. The predicted molar refractivity (Wildman–Crippen MR) is 92.1 cm³/mol. The van der Waals surface area contributed by atoms with E-state index in [1.54, 1.807) is 0 Å². The normalized spacial score (nSPS) is 22.8. The first-order valence-electron chi connectivity index (χ1n) is 8.23. The molecule has 22 heavy (non-hydrogen) atoms. The molecule has 0 unspecified atom stereocenters. The molecule has 1 fully saturated rings. The van der Waals surface area contributed by atoms with E-state index in [-0.39, 0.29) is 0 Å². The van der Waals surface area contributed by atoms with Gasteiger partial charge in [0.25, 0.3) is 0 Å². The molecular weight excluding hydrogens is 298 g/mol. The van der Waals surface area contributed by atoms with E-state index in [1.807, 2.05) is 19.1 Å². The summed E-state index contributed by atoms with van der Waals surface area (Å²) in [5.74, 6) is 0.954. The first-order valence-corrected chi connectivity index (χ1v) is 8.61. The van der Waals surface area contributed by atoms with E-state index in [4.69, 9.17) is 21.1 Å². The van der Waals surface area contributed by atoms with Crippen molar-refractivity contribution in [3.63, 3.8) is 0 Å². The molecule has 4 heteroatoms. The molecule has 124 valence electrons. The topological polar surface area (TPSA) is 21.7 Å². The largest absolute Gasteiger partial charge is 0.493 e. The molecule has 1 aromatic carbocycles. The van der Waals surface area contributed by atoms with Crippen LogP contribution in [-0.4, -0.2) is 43.3 Å². The lowest BCUT2D eigenvalue weighted by molar-refractivity contribution is -0.0682. The van der Waals surface area contributed by atoms with Crippen molar-refractivity contribution in [1.29, 1.82) is 0 Å². The van der Waals surface area contributed by atoms with Gasteiger partial charge in [-0.2, -0.15) is 0 Å². The van der Waals surface area contributed by atoms with Crippen molar-refractivity contribution in [2.24, 2.45) is 0 Å². The molecule has 3 nitrogen and oxygen atoms in total. The summed E-state index contributed by atoms with van der Waals surface area (Å²) in [5, 5.41) is 0.806. The Morgan fingerprint density at radius 3 is 2.50 bits per heavy atom. The summed E-state index contributed by atoms with van der Waals surface area (Å²) in [6, 6.07) is 3.88. The number of benzene rings is 1. The van der Waals surface area contributed by atoms with Crippen LogP contribution in [0, 0.1) is 13.8 Å². The summed E-state index contributed by atoms with van der Waals surface area (Å²) in [5.41, 5.74) is 2.25. The maximum Gasteiger partial charge on any atom is 0.122 e. The van der Waals surface area contributed by atoms with Gasteiger partial charge in [-0.25, -0.2) is 0 Å². The third-order valence-corrected chi connectivity index (χ3v) is 4.70. The van der Waals surface area contributed by atoms with E-state index in [0.717, 1.165) is 61.0 Å². The van der Waals surface area contributed by atoms with E-state index < -0.39 is 0 Å². The van der Waals surface area contributed by atoms with Crippen LogP contribution >= 0.6 is 11.6 Å². The van der Waals surface area contributed by atoms with Gasteiger partial charge in [0.2, 0.25) is 0 Å². The van der Waals surface area contributed by atoms with Crippen molar-refractivity contribution in [3.8, 4) is 5.75 Å². The molecule has 2 atom stereocenters. The van der Waals surface area contributed by atoms with Crippen molar-refractivity contribution in [2.45, 2.75) is 52.7 Å². The molecule has 0 saturated carbocycles. The second-order valence-electron chi connectivity index (χ2n) is 6.37. The Morgan fingerprint density at radius 1 is 1.14 bits per heavy atom. The number of halogens is 1. The van der Waals surface area contributed by atoms with Crippen LogP contribution in [0.2, 0.25) is 5.02 Å². The van der Waals surface area contributed by atoms with Crippen LogP contribution < -0.4 is 4.74 Å². The minimum atomic E-state index is 0.347. The highest BCUT2D eigenvalue weighted by Gasteiger charge is 2.21. The molecule has 0 bridgehead atoms. The highest BCUT2D eigenvalue weighted by molar-refractivity contribution is 6.31. The van der Waals surface area contributed by atoms with Gasteiger partial charge in [0.05, 0.1) is 18.8 Å². The van der Waals surface area contributed by atoms with Crippen molar-refractivity contribution in [3.05, 3.63) is 28.3 Å². The molecule has 1 aromatic rings. The van der Waals surface area contributed by atoms with E-state index in [2.05, 4.69) is 25.7 Å². The van der Waals surface area contributed by atoms with E-state index in [1.165, 1.54) is 0 Å². The van der Waals surface area contributed by atoms with E-state index in [9.17, 15) is 0 Å². The second kappa shape index (κ2) is 8.19. The first-order chi connectivity index (χ1) is 10.5. The molecule has 1 saturated heterocycles. The maximum absolute atomic E-state index is 6.11. The number of hydrogen-bond donors (Lipinski definition) is 0. The lowest BCUT2D eigenvalue weighted by atomic mass is 10.1. The third kappa shape index (κ3) is 4.87. The molecule has 0 amide bonds. The Morgan fingerprint density at radius 2 is 1.82 bits per heavy atom. The van der Waals surface area contributed by atoms with Gasteiger partial charge in [0.1, 0.15) is 5.75 Å². The van der Waals surface area contributed by atoms with Crippen molar-refractivity contribution in [2.75, 3.05) is 26.2 Å². The van der Waals surface area contributed by atoms with Gasteiger partial charge >= 0.3 is 0 Å². The molecule has 0 radical (unpaired) electrons. The van der Waals surface area contributed by atoms with Crippen LogP contribution in [0.25, 0.3) is 0 Å². The van der Waals surface area contributed by atoms with E-state index in [0.29, 0.717) is 12.2 Å². The van der Waals surface area contributed by atoms with Gasteiger partial charge in [-0.15, -0.1) is 0 Å². The molecular formula is C18H28ClNO2. The van der Waals surface area contributed by atoms with Crippen LogP contribution in [0.1, 0.15) is 37.8 Å². The highest BCUT2D eigenvalue weighted by Crippen LogP contribution is 2.27. The standard InChI is InChI=1S/C18H28ClNO2/c1-13-11-20(12-14(2)22-13)9-5-6-10-21-18-8-7-17(19)15(3)16(18)4/h7-8,13-14H,5-6,9-12H2,1-4H3/t13-,14-/m0/s1. The fraction of sp³-hybridized carbons (Fsp3) is 0.667. The molecule has 0 aromatic heterocycles. The fourth-order valence-electron chi connectivity index (χ4n) is 3.01. The Hall–Kier alpha value is -0.770. The smallest absolute Gasteiger partial charge is 0.122 e. The number of morpholine rings is 1. The van der Waals surface area contributed by atoms with Gasteiger partial charge in [0, 0.05) is 18.1 Å². The van der Waals surface area contributed by atoms with Crippen LogP contribution in [0.15, 0.2) is 12.1 Å². The summed E-state index contributed by atoms with van der Waals surface area (Å²) in [6.07, 6.45) is 2.92. The van der Waals surface area contributed by atoms with Gasteiger partial charge in [0.15, 0.2) is 0 Å². The summed E-state index contributed by atoms with van der Waals surface area (Å²) in [6.45, 7) is 12.4. The molecule has 0 spiro atoms. The number of hydrogen-bond acceptors (Lipinski definition) is 3. The van der Waals surface area contributed by atoms with Crippen LogP contribution in [-0.2, 0) is 4.74 Å². The zero-order valence-corrected chi connectivity index (χ0v) is 14.9. The quantitative estimate of drug-likeness (QED) is 0.731. The summed E-state index contributed by atoms with van der Waals surface area (Å²) >= 11 is 6.11. The number of ether oxygens (including phenoxy) is 2. The Kier molecular flexibility index (Phi) is 6.54. The molecule has 1 aliphatic heterocycles. The average Bonchev–Trinajstić information content (AvgIpc) is 2.45. The van der Waals surface area contributed by atoms with Gasteiger partial charge < -0.3 is 9.47 Å². The zero-order chi connectivity index (χ0) is 16.1. The minimum absolute atomic E-state index is 0.347. The second-order valence-corrected chi connectivity index (χ2v) is 6.78. The molecule has 1 heterocycles. The third-order valence-electron chi connectivity index (χ3n) is 4.29. The zero-order valence-electron chi connectivity index (χ0n) is 14.2. The molecule has 0 N–H and O–H groups in total. The minimum Gasteiger partial charge on any atom is -0.493 e. The molecule has 2 rings (SSSR count). The average molecular weight is 326 g/mol. The first kappa shape index (κ1) is 17.6. The van der Waals surface area contributed by atoms with Crippen molar-refractivity contribution in [1.82, 2.24) is 4.90 Å².